The molecule has 0 aliphatic carbocycles. The van der Waals surface area contributed by atoms with Gasteiger partial charge in [0.1, 0.15) is 0 Å². The Labute approximate surface area is 135 Å². The number of hydrogen-bond acceptors (Lipinski definition) is 1. The third kappa shape index (κ3) is 10.1. The van der Waals surface area contributed by atoms with Gasteiger partial charge in [0.05, 0.1) is 0 Å². The fourth-order valence-corrected chi connectivity index (χ4v) is 3.55. The minimum atomic E-state index is 0.249. The van der Waals surface area contributed by atoms with Gasteiger partial charge in [-0.2, -0.15) is 0 Å². The van der Waals surface area contributed by atoms with Crippen LogP contribution in [0.25, 0.3) is 0 Å². The third-order valence-corrected chi connectivity index (χ3v) is 4.06. The van der Waals surface area contributed by atoms with E-state index in [1.807, 2.05) is 0 Å². The van der Waals surface area contributed by atoms with E-state index < -0.39 is 0 Å². The largest absolute Gasteiger partial charge is 0.292 e. The van der Waals surface area contributed by atoms with Crippen LogP contribution in [-0.2, 0) is 0 Å². The van der Waals surface area contributed by atoms with E-state index in [-0.39, 0.29) is 5.54 Å². The highest BCUT2D eigenvalue weighted by atomic mass is 15.2. The number of nitrogens with zero attached hydrogens (tertiary/aromatic N) is 1. The molecule has 0 bridgehead atoms. The van der Waals surface area contributed by atoms with E-state index in [0.717, 1.165) is 6.54 Å². The second-order valence-electron chi connectivity index (χ2n) is 8.62. The molecule has 0 aromatic rings. The van der Waals surface area contributed by atoms with Crippen molar-refractivity contribution in [2.75, 3.05) is 6.54 Å². The van der Waals surface area contributed by atoms with Gasteiger partial charge in [-0.1, -0.05) is 59.1 Å². The summed E-state index contributed by atoms with van der Waals surface area (Å²) in [6.45, 7) is 19.8. The Morgan fingerprint density at radius 2 is 1.52 bits per heavy atom. The van der Waals surface area contributed by atoms with Crippen LogP contribution in [0.15, 0.2) is 12.2 Å². The lowest BCUT2D eigenvalue weighted by Gasteiger charge is -2.44. The molecule has 0 atom stereocenters. The second kappa shape index (κ2) is 9.66. The summed E-state index contributed by atoms with van der Waals surface area (Å²) in [6, 6.07) is 0.590. The smallest absolute Gasteiger partial charge is 0.0171 e. The first kappa shape index (κ1) is 20.7. The van der Waals surface area contributed by atoms with Crippen LogP contribution in [0.5, 0.6) is 0 Å². The van der Waals surface area contributed by atoms with Gasteiger partial charge in [-0.3, -0.25) is 4.90 Å². The highest BCUT2D eigenvalue weighted by molar-refractivity contribution is 4.93. The predicted octanol–water partition coefficient (Wildman–Crippen LogP) is 6.44. The van der Waals surface area contributed by atoms with Gasteiger partial charge in [-0.05, 0) is 52.4 Å². The second-order valence-corrected chi connectivity index (χ2v) is 8.62. The molecule has 0 N–H and O–H groups in total. The van der Waals surface area contributed by atoms with Crippen LogP contribution in [0, 0.1) is 5.41 Å². The normalized spacial score (nSPS) is 13.8. The summed E-state index contributed by atoms with van der Waals surface area (Å²) >= 11 is 0. The predicted molar refractivity (Wildman–Crippen MR) is 97.9 cm³/mol. The Balaban J connectivity index is 4.39. The van der Waals surface area contributed by atoms with Crippen LogP contribution in [0.1, 0.15) is 93.9 Å². The first-order chi connectivity index (χ1) is 9.60. The van der Waals surface area contributed by atoms with E-state index in [9.17, 15) is 0 Å². The maximum absolute atomic E-state index is 2.64. The quantitative estimate of drug-likeness (QED) is 0.331. The van der Waals surface area contributed by atoms with Crippen LogP contribution < -0.4 is 0 Å². The summed E-state index contributed by atoms with van der Waals surface area (Å²) < 4.78 is 0. The van der Waals surface area contributed by atoms with E-state index in [1.54, 1.807) is 0 Å². The molecule has 0 aliphatic rings. The van der Waals surface area contributed by atoms with Gasteiger partial charge in [-0.25, -0.2) is 0 Å². The summed E-state index contributed by atoms with van der Waals surface area (Å²) in [5, 5.41) is 0. The van der Waals surface area contributed by atoms with Crippen molar-refractivity contribution in [3.05, 3.63) is 12.2 Å². The average Bonchev–Trinajstić information content (AvgIpc) is 2.28. The summed E-state index contributed by atoms with van der Waals surface area (Å²) in [5.41, 5.74) is 0.624. The molecule has 126 valence electrons. The van der Waals surface area contributed by atoms with Gasteiger partial charge >= 0.3 is 0 Å². The summed E-state index contributed by atoms with van der Waals surface area (Å²) in [6.07, 6.45) is 12.7. The van der Waals surface area contributed by atoms with Crippen molar-refractivity contribution in [2.45, 2.75) is 105 Å². The van der Waals surface area contributed by atoms with Crippen molar-refractivity contribution in [1.82, 2.24) is 4.90 Å². The number of rotatable bonds is 10. The van der Waals surface area contributed by atoms with Gasteiger partial charge in [0.25, 0.3) is 0 Å². The van der Waals surface area contributed by atoms with Crippen molar-refractivity contribution in [3.63, 3.8) is 0 Å². The Morgan fingerprint density at radius 3 is 2.00 bits per heavy atom. The van der Waals surface area contributed by atoms with E-state index >= 15 is 0 Å². The fourth-order valence-electron chi connectivity index (χ4n) is 3.55. The summed E-state index contributed by atoms with van der Waals surface area (Å²) in [5.74, 6) is 0. The molecule has 0 fully saturated rings. The van der Waals surface area contributed by atoms with E-state index in [4.69, 9.17) is 0 Å². The first-order valence-corrected chi connectivity index (χ1v) is 9.02. The number of unbranched alkanes of at least 4 members (excludes halogenated alkanes) is 4. The molecule has 21 heavy (non-hydrogen) atoms. The van der Waals surface area contributed by atoms with Crippen LogP contribution in [0.3, 0.4) is 0 Å². The zero-order valence-electron chi connectivity index (χ0n) is 16.1. The van der Waals surface area contributed by atoms with Crippen molar-refractivity contribution >= 4 is 0 Å². The molecule has 0 aromatic carbocycles. The summed E-state index contributed by atoms with van der Waals surface area (Å²) in [7, 11) is 0. The van der Waals surface area contributed by atoms with Crippen molar-refractivity contribution in [2.24, 2.45) is 5.41 Å². The lowest BCUT2D eigenvalue weighted by Crippen LogP contribution is -2.49. The molecule has 0 saturated carbocycles. The lowest BCUT2D eigenvalue weighted by molar-refractivity contribution is 0.0609. The Kier molecular flexibility index (Phi) is 9.53. The molecule has 0 radical (unpaired) electrons. The molecule has 0 rings (SSSR count). The third-order valence-electron chi connectivity index (χ3n) is 4.06. The molecule has 0 unspecified atom stereocenters. The van der Waals surface area contributed by atoms with Crippen LogP contribution in [0.2, 0.25) is 0 Å². The Morgan fingerprint density at radius 1 is 0.905 bits per heavy atom. The van der Waals surface area contributed by atoms with Crippen LogP contribution >= 0.6 is 0 Å². The van der Waals surface area contributed by atoms with Gasteiger partial charge in [-0.15, -0.1) is 0 Å². The topological polar surface area (TPSA) is 3.24 Å². The molecule has 0 aromatic heterocycles. The first-order valence-electron chi connectivity index (χ1n) is 9.02. The monoisotopic (exact) mass is 295 g/mol. The molecule has 0 amide bonds. The molecule has 0 spiro atoms. The zero-order valence-corrected chi connectivity index (χ0v) is 16.1. The van der Waals surface area contributed by atoms with E-state index in [0.29, 0.717) is 11.5 Å². The highest BCUT2D eigenvalue weighted by Gasteiger charge is 2.32. The van der Waals surface area contributed by atoms with Crippen LogP contribution in [-0.4, -0.2) is 23.0 Å². The van der Waals surface area contributed by atoms with E-state index in [2.05, 4.69) is 72.4 Å². The molecule has 0 saturated heterocycles. The number of hydrogen-bond donors (Lipinski definition) is 0. The molecule has 0 heterocycles. The molecular weight excluding hydrogens is 254 g/mol. The van der Waals surface area contributed by atoms with Gasteiger partial charge in [0, 0.05) is 18.1 Å². The molecule has 0 aliphatic heterocycles. The fraction of sp³-hybridized carbons (Fsp3) is 0.900. The van der Waals surface area contributed by atoms with Crippen LogP contribution in [0.4, 0.5) is 0 Å². The highest BCUT2D eigenvalue weighted by Crippen LogP contribution is 2.32. The maximum atomic E-state index is 2.64. The SMILES string of the molecule is CCCCCC/C=C/CN(C(C)C)C(C)(C)CC(C)(C)C. The minimum Gasteiger partial charge on any atom is -0.292 e. The average molecular weight is 296 g/mol. The Bertz CT molecular complexity index is 281. The zero-order chi connectivity index (χ0) is 16.5. The lowest BCUT2D eigenvalue weighted by atomic mass is 9.80. The number of allylic oxidation sites excluding steroid dienone is 1. The van der Waals surface area contributed by atoms with Gasteiger partial charge in [0.2, 0.25) is 0 Å². The maximum Gasteiger partial charge on any atom is 0.0171 e. The molecule has 1 nitrogen and oxygen atoms in total. The molecule has 1 heteroatoms. The standard InChI is InChI=1S/C20H41N/c1-9-10-11-12-13-14-15-16-21(18(2)3)20(7,8)17-19(4,5)6/h14-15,18H,9-13,16-17H2,1-8H3/b15-14+. The van der Waals surface area contributed by atoms with Crippen molar-refractivity contribution in [1.29, 1.82) is 0 Å². The van der Waals surface area contributed by atoms with Gasteiger partial charge < -0.3 is 0 Å². The van der Waals surface area contributed by atoms with E-state index in [1.165, 1.54) is 38.5 Å². The van der Waals surface area contributed by atoms with Crippen molar-refractivity contribution in [3.8, 4) is 0 Å². The Hall–Kier alpha value is -0.300. The van der Waals surface area contributed by atoms with Crippen molar-refractivity contribution < 1.29 is 0 Å². The minimum absolute atomic E-state index is 0.249. The summed E-state index contributed by atoms with van der Waals surface area (Å²) in [4.78, 5) is 2.64. The molecular formula is C20H41N. The van der Waals surface area contributed by atoms with Gasteiger partial charge in [0.15, 0.2) is 0 Å².